The Morgan fingerprint density at radius 1 is 1.45 bits per heavy atom. The Balaban J connectivity index is 1.72. The van der Waals surface area contributed by atoms with Gasteiger partial charge in [-0.3, -0.25) is 4.79 Å². The molecule has 1 amide bonds. The van der Waals surface area contributed by atoms with E-state index in [1.165, 1.54) is 37.0 Å². The zero-order chi connectivity index (χ0) is 14.1. The van der Waals surface area contributed by atoms with Gasteiger partial charge in [0.15, 0.2) is 0 Å². The zero-order valence-corrected chi connectivity index (χ0v) is 13.4. The van der Waals surface area contributed by atoms with Gasteiger partial charge in [-0.25, -0.2) is 0 Å². The molecule has 2 fully saturated rings. The van der Waals surface area contributed by atoms with E-state index < -0.39 is 0 Å². The molecule has 1 atom stereocenters. The predicted molar refractivity (Wildman–Crippen MR) is 83.7 cm³/mol. The van der Waals surface area contributed by atoms with Crippen LogP contribution in [0.5, 0.6) is 0 Å². The van der Waals surface area contributed by atoms with E-state index in [0.717, 1.165) is 25.2 Å². The van der Waals surface area contributed by atoms with Crippen molar-refractivity contribution >= 4 is 28.8 Å². The maximum atomic E-state index is 12.8. The Hall–Kier alpha value is -0.580. The van der Waals surface area contributed by atoms with Crippen molar-refractivity contribution in [1.29, 1.82) is 0 Å². The maximum Gasteiger partial charge on any atom is 0.265 e. The normalized spacial score (nSPS) is 22.2. The minimum Gasteiger partial charge on any atom is -0.336 e. The lowest BCUT2D eigenvalue weighted by Gasteiger charge is -2.25. The van der Waals surface area contributed by atoms with Crippen LogP contribution in [0, 0.1) is 12.8 Å². The fourth-order valence-corrected chi connectivity index (χ4v) is 3.99. The minimum absolute atomic E-state index is 0.119. The Morgan fingerprint density at radius 2 is 2.25 bits per heavy atom. The van der Waals surface area contributed by atoms with E-state index in [0.29, 0.717) is 21.9 Å². The Kier molecular flexibility index (Phi) is 4.34. The molecule has 0 radical (unpaired) electrons. The first-order chi connectivity index (χ1) is 9.65. The third kappa shape index (κ3) is 3.18. The van der Waals surface area contributed by atoms with E-state index in [9.17, 15) is 4.79 Å². The summed E-state index contributed by atoms with van der Waals surface area (Å²) < 4.78 is 0. The van der Waals surface area contributed by atoms with Crippen LogP contribution in [0.2, 0.25) is 5.02 Å². The Bertz CT molecular complexity index is 492. The summed E-state index contributed by atoms with van der Waals surface area (Å²) in [6.07, 6.45) is 4.92. The first-order valence-electron chi connectivity index (χ1n) is 7.41. The number of carbonyl (C=O) groups is 1. The van der Waals surface area contributed by atoms with E-state index in [1.54, 1.807) is 0 Å². The number of rotatable bonds is 5. The van der Waals surface area contributed by atoms with E-state index in [2.05, 4.69) is 5.32 Å². The van der Waals surface area contributed by atoms with E-state index in [4.69, 9.17) is 11.6 Å². The average molecular weight is 313 g/mol. The van der Waals surface area contributed by atoms with Crippen LogP contribution in [-0.4, -0.2) is 36.5 Å². The van der Waals surface area contributed by atoms with Crippen LogP contribution in [0.25, 0.3) is 0 Å². The highest BCUT2D eigenvalue weighted by Crippen LogP contribution is 2.33. The molecule has 0 spiro atoms. The number of thiophene rings is 1. The van der Waals surface area contributed by atoms with Gasteiger partial charge in [-0.1, -0.05) is 11.6 Å². The van der Waals surface area contributed by atoms with Gasteiger partial charge < -0.3 is 10.2 Å². The highest BCUT2D eigenvalue weighted by Gasteiger charge is 2.30. The van der Waals surface area contributed by atoms with Gasteiger partial charge in [0.2, 0.25) is 0 Å². The molecule has 0 bridgehead atoms. The highest BCUT2D eigenvalue weighted by molar-refractivity contribution is 7.13. The Morgan fingerprint density at radius 3 is 2.80 bits per heavy atom. The molecule has 1 aromatic rings. The molecule has 5 heteroatoms. The van der Waals surface area contributed by atoms with Crippen LogP contribution in [0.15, 0.2) is 5.38 Å². The fraction of sp³-hybridized carbons (Fsp3) is 0.667. The van der Waals surface area contributed by atoms with Gasteiger partial charge in [0.25, 0.3) is 5.91 Å². The second-order valence-electron chi connectivity index (χ2n) is 6.01. The first kappa shape index (κ1) is 14.4. The molecule has 1 unspecified atom stereocenters. The summed E-state index contributed by atoms with van der Waals surface area (Å²) in [5.74, 6) is 0.828. The van der Waals surface area contributed by atoms with Crippen molar-refractivity contribution in [2.75, 3.05) is 19.6 Å². The predicted octanol–water partition coefficient (Wildman–Crippen LogP) is 3.31. The number of aryl methyl sites for hydroxylation is 1. The summed E-state index contributed by atoms with van der Waals surface area (Å²) >= 11 is 7.74. The molecule has 2 aliphatic rings. The monoisotopic (exact) mass is 312 g/mol. The number of halogens is 1. The maximum absolute atomic E-state index is 12.8. The van der Waals surface area contributed by atoms with Crippen LogP contribution in [0.1, 0.15) is 40.9 Å². The molecule has 110 valence electrons. The molecule has 2 heterocycles. The average Bonchev–Trinajstić information content (AvgIpc) is 2.98. The van der Waals surface area contributed by atoms with E-state index in [-0.39, 0.29) is 5.91 Å². The quantitative estimate of drug-likeness (QED) is 0.904. The second-order valence-corrected chi connectivity index (χ2v) is 7.27. The SMILES string of the molecule is Cc1csc(C(=O)N(CC2CC2)CC2CCCN2)c1Cl. The van der Waals surface area contributed by atoms with Gasteiger partial charge in [0.05, 0.1) is 5.02 Å². The number of nitrogens with zero attached hydrogens (tertiary/aromatic N) is 1. The third-order valence-corrected chi connectivity index (χ3v) is 5.84. The van der Waals surface area contributed by atoms with Crippen LogP contribution < -0.4 is 5.32 Å². The van der Waals surface area contributed by atoms with Crippen molar-refractivity contribution in [3.05, 3.63) is 20.8 Å². The fourth-order valence-electron chi connectivity index (χ4n) is 2.75. The van der Waals surface area contributed by atoms with Crippen molar-refractivity contribution in [2.24, 2.45) is 5.92 Å². The van der Waals surface area contributed by atoms with Crippen molar-refractivity contribution in [3.8, 4) is 0 Å². The van der Waals surface area contributed by atoms with E-state index >= 15 is 0 Å². The molecule has 20 heavy (non-hydrogen) atoms. The molecule has 0 aromatic carbocycles. The van der Waals surface area contributed by atoms with Gasteiger partial charge in [-0.15, -0.1) is 11.3 Å². The number of hydrogen-bond acceptors (Lipinski definition) is 3. The number of nitrogens with one attached hydrogen (secondary N) is 1. The summed E-state index contributed by atoms with van der Waals surface area (Å²) in [4.78, 5) is 15.5. The lowest BCUT2D eigenvalue weighted by molar-refractivity contribution is 0.0738. The number of amides is 1. The molecule has 1 saturated heterocycles. The summed E-state index contributed by atoms with van der Waals surface area (Å²) in [6.45, 7) is 4.75. The molecular weight excluding hydrogens is 292 g/mol. The second kappa shape index (κ2) is 6.04. The molecule has 1 saturated carbocycles. The largest absolute Gasteiger partial charge is 0.336 e. The van der Waals surface area contributed by atoms with Gasteiger partial charge in [-0.05, 0) is 56.0 Å². The zero-order valence-electron chi connectivity index (χ0n) is 11.8. The van der Waals surface area contributed by atoms with Gasteiger partial charge >= 0.3 is 0 Å². The summed E-state index contributed by atoms with van der Waals surface area (Å²) in [5, 5.41) is 6.09. The van der Waals surface area contributed by atoms with Crippen LogP contribution in [0.3, 0.4) is 0 Å². The smallest absolute Gasteiger partial charge is 0.265 e. The molecule has 1 aromatic heterocycles. The molecule has 1 aliphatic heterocycles. The topological polar surface area (TPSA) is 32.3 Å². The Labute approximate surface area is 129 Å². The van der Waals surface area contributed by atoms with Crippen LogP contribution >= 0.6 is 22.9 Å². The van der Waals surface area contributed by atoms with Crippen LogP contribution in [-0.2, 0) is 0 Å². The highest BCUT2D eigenvalue weighted by atomic mass is 35.5. The molecule has 1 N–H and O–H groups in total. The van der Waals surface area contributed by atoms with Crippen molar-refractivity contribution in [3.63, 3.8) is 0 Å². The van der Waals surface area contributed by atoms with Gasteiger partial charge in [0, 0.05) is 19.1 Å². The first-order valence-corrected chi connectivity index (χ1v) is 8.67. The molecule has 1 aliphatic carbocycles. The summed E-state index contributed by atoms with van der Waals surface area (Å²) in [5.41, 5.74) is 1.00. The van der Waals surface area contributed by atoms with Crippen molar-refractivity contribution < 1.29 is 4.79 Å². The standard InChI is InChI=1S/C15H21ClN2OS/c1-10-9-20-14(13(10)16)15(19)18(7-11-4-5-11)8-12-3-2-6-17-12/h9,11-12,17H,2-8H2,1H3. The van der Waals surface area contributed by atoms with Crippen molar-refractivity contribution in [1.82, 2.24) is 10.2 Å². The van der Waals surface area contributed by atoms with Crippen molar-refractivity contribution in [2.45, 2.75) is 38.6 Å². The van der Waals surface area contributed by atoms with Crippen LogP contribution in [0.4, 0.5) is 0 Å². The number of carbonyl (C=O) groups excluding carboxylic acids is 1. The van der Waals surface area contributed by atoms with Gasteiger partial charge in [-0.2, -0.15) is 0 Å². The molecule has 3 nitrogen and oxygen atoms in total. The van der Waals surface area contributed by atoms with E-state index in [1.807, 2.05) is 17.2 Å². The summed E-state index contributed by atoms with van der Waals surface area (Å²) in [6, 6.07) is 0.456. The van der Waals surface area contributed by atoms with Gasteiger partial charge in [0.1, 0.15) is 4.88 Å². The minimum atomic E-state index is 0.119. The number of hydrogen-bond donors (Lipinski definition) is 1. The molecular formula is C15H21ClN2OS. The lowest BCUT2D eigenvalue weighted by Crippen LogP contribution is -2.42. The lowest BCUT2D eigenvalue weighted by atomic mass is 10.2. The molecule has 3 rings (SSSR count). The summed E-state index contributed by atoms with van der Waals surface area (Å²) in [7, 11) is 0. The third-order valence-electron chi connectivity index (χ3n) is 4.16.